The molecule has 2 atom stereocenters. The van der Waals surface area contributed by atoms with Crippen LogP contribution in [-0.2, 0) is 4.79 Å². The fraction of sp³-hybridized carbons (Fsp3) is 0.562. The number of likely N-dealkylation sites (tertiary alicyclic amines) is 1. The van der Waals surface area contributed by atoms with E-state index in [0.29, 0.717) is 0 Å². The molecule has 1 aromatic rings. The molecule has 0 aliphatic carbocycles. The summed E-state index contributed by atoms with van der Waals surface area (Å²) in [6, 6.07) is 3.20. The van der Waals surface area contributed by atoms with E-state index in [4.69, 9.17) is 5.11 Å². The number of pyridine rings is 1. The summed E-state index contributed by atoms with van der Waals surface area (Å²) < 4.78 is 39.1. The summed E-state index contributed by atoms with van der Waals surface area (Å²) in [4.78, 5) is 30.8. The Morgan fingerprint density at radius 3 is 2.32 bits per heavy atom. The molecular weight excluding hydrogens is 339 g/mol. The lowest BCUT2D eigenvalue weighted by molar-refractivity contribution is -0.187. The highest BCUT2D eigenvalue weighted by Crippen LogP contribution is 2.38. The second kappa shape index (κ2) is 6.53. The van der Waals surface area contributed by atoms with Crippen molar-refractivity contribution in [2.24, 2.45) is 11.8 Å². The first-order chi connectivity index (χ1) is 11.8. The van der Waals surface area contributed by atoms with Gasteiger partial charge in [0.2, 0.25) is 0 Å². The molecule has 6 nitrogen and oxygen atoms in total. The molecule has 3 heterocycles. The quantitative estimate of drug-likeness (QED) is 0.896. The van der Waals surface area contributed by atoms with E-state index in [-0.39, 0.29) is 5.56 Å². The van der Waals surface area contributed by atoms with E-state index in [9.17, 15) is 22.8 Å². The molecule has 0 saturated carbocycles. The fourth-order valence-electron chi connectivity index (χ4n) is 3.38. The average molecular weight is 357 g/mol. The van der Waals surface area contributed by atoms with Crippen molar-refractivity contribution in [1.29, 1.82) is 0 Å². The molecule has 2 aliphatic rings. The first-order valence-electron chi connectivity index (χ1n) is 8.07. The summed E-state index contributed by atoms with van der Waals surface area (Å²) in [5.74, 6) is -5.13. The van der Waals surface area contributed by atoms with Crippen LogP contribution in [0.5, 0.6) is 0 Å². The predicted molar refractivity (Wildman–Crippen MR) is 82.3 cm³/mol. The van der Waals surface area contributed by atoms with Crippen molar-refractivity contribution >= 4 is 17.7 Å². The van der Waals surface area contributed by atoms with E-state index in [0.717, 1.165) is 36.6 Å². The van der Waals surface area contributed by atoms with Crippen molar-refractivity contribution in [2.75, 3.05) is 31.1 Å². The van der Waals surface area contributed by atoms with E-state index >= 15 is 0 Å². The summed E-state index contributed by atoms with van der Waals surface area (Å²) in [6.07, 6.45) is -1.17. The van der Waals surface area contributed by atoms with Crippen LogP contribution >= 0.6 is 0 Å². The van der Waals surface area contributed by atoms with E-state index in [1.54, 1.807) is 6.07 Å². The third kappa shape index (κ3) is 3.54. The Kier molecular flexibility index (Phi) is 4.57. The molecule has 0 unspecified atom stereocenters. The van der Waals surface area contributed by atoms with Gasteiger partial charge in [0.15, 0.2) is 0 Å². The molecule has 2 aliphatic heterocycles. The molecule has 1 N–H and O–H groups in total. The van der Waals surface area contributed by atoms with Crippen molar-refractivity contribution in [3.63, 3.8) is 0 Å². The fourth-order valence-corrected chi connectivity index (χ4v) is 3.38. The van der Waals surface area contributed by atoms with Crippen molar-refractivity contribution in [1.82, 2.24) is 9.88 Å². The third-order valence-corrected chi connectivity index (χ3v) is 4.77. The van der Waals surface area contributed by atoms with Gasteiger partial charge in [-0.15, -0.1) is 0 Å². The number of carbonyl (C=O) groups is 2. The Morgan fingerprint density at radius 2 is 1.84 bits per heavy atom. The van der Waals surface area contributed by atoms with E-state index in [1.807, 2.05) is 0 Å². The number of rotatable bonds is 3. The molecule has 0 aromatic carbocycles. The SMILES string of the molecule is O=C(O)[C@@H]1CN(C(=O)c2ccc(N3CCCC3)nc2)C[C@H]1C(F)(F)F. The lowest BCUT2D eigenvalue weighted by Crippen LogP contribution is -2.34. The zero-order chi connectivity index (χ0) is 18.2. The van der Waals surface area contributed by atoms with Gasteiger partial charge in [0, 0.05) is 32.4 Å². The lowest BCUT2D eigenvalue weighted by Gasteiger charge is -2.19. The van der Waals surface area contributed by atoms with Gasteiger partial charge in [-0.05, 0) is 25.0 Å². The lowest BCUT2D eigenvalue weighted by atomic mass is 9.96. The molecule has 3 rings (SSSR count). The van der Waals surface area contributed by atoms with Crippen LogP contribution in [-0.4, -0.2) is 59.2 Å². The molecule has 1 amide bonds. The number of hydrogen-bond donors (Lipinski definition) is 1. The van der Waals surface area contributed by atoms with Gasteiger partial charge in [-0.2, -0.15) is 13.2 Å². The van der Waals surface area contributed by atoms with Gasteiger partial charge in [-0.25, -0.2) is 4.98 Å². The summed E-state index contributed by atoms with van der Waals surface area (Å²) in [5.41, 5.74) is 0.162. The number of aromatic nitrogens is 1. The molecule has 2 fully saturated rings. The smallest absolute Gasteiger partial charge is 0.394 e. The van der Waals surface area contributed by atoms with E-state index < -0.39 is 43.0 Å². The number of nitrogens with zero attached hydrogens (tertiary/aromatic N) is 3. The second-order valence-corrected chi connectivity index (χ2v) is 6.40. The standard InChI is InChI=1S/C16H18F3N3O3/c17-16(18,19)12-9-22(8-11(12)15(24)25)14(23)10-3-4-13(20-7-10)21-5-1-2-6-21/h3-4,7,11-12H,1-2,5-6,8-9H2,(H,24,25)/t11-,12-/m1/s1. The molecule has 9 heteroatoms. The third-order valence-electron chi connectivity index (χ3n) is 4.77. The summed E-state index contributed by atoms with van der Waals surface area (Å²) in [7, 11) is 0. The summed E-state index contributed by atoms with van der Waals surface area (Å²) in [6.45, 7) is 0.680. The number of aliphatic carboxylic acids is 1. The minimum Gasteiger partial charge on any atom is -0.481 e. The number of alkyl halides is 3. The van der Waals surface area contributed by atoms with Gasteiger partial charge in [0.25, 0.3) is 5.91 Å². The largest absolute Gasteiger partial charge is 0.481 e. The number of carboxylic acid groups (broad SMARTS) is 1. The minimum atomic E-state index is -4.66. The Bertz CT molecular complexity index is 657. The highest BCUT2D eigenvalue weighted by molar-refractivity contribution is 5.94. The predicted octanol–water partition coefficient (Wildman–Crippen LogP) is 2.02. The second-order valence-electron chi connectivity index (χ2n) is 6.40. The van der Waals surface area contributed by atoms with Gasteiger partial charge in [-0.1, -0.05) is 0 Å². The first kappa shape index (κ1) is 17.5. The molecule has 136 valence electrons. The summed E-state index contributed by atoms with van der Waals surface area (Å²) >= 11 is 0. The minimum absolute atomic E-state index is 0.162. The topological polar surface area (TPSA) is 73.7 Å². The number of carbonyl (C=O) groups excluding carboxylic acids is 1. The highest BCUT2D eigenvalue weighted by Gasteiger charge is 2.53. The van der Waals surface area contributed by atoms with Crippen molar-refractivity contribution in [3.05, 3.63) is 23.9 Å². The maximum Gasteiger partial charge on any atom is 0.394 e. The molecule has 0 bridgehead atoms. The number of carboxylic acids is 1. The van der Waals surface area contributed by atoms with Crippen molar-refractivity contribution in [2.45, 2.75) is 19.0 Å². The Hall–Kier alpha value is -2.32. The maximum atomic E-state index is 13.0. The number of amides is 1. The van der Waals surface area contributed by atoms with Gasteiger partial charge in [0.05, 0.1) is 17.4 Å². The van der Waals surface area contributed by atoms with Crippen LogP contribution in [0.2, 0.25) is 0 Å². The van der Waals surface area contributed by atoms with Crippen molar-refractivity contribution < 1.29 is 27.9 Å². The average Bonchev–Trinajstić information content (AvgIpc) is 3.23. The van der Waals surface area contributed by atoms with Gasteiger partial charge in [0.1, 0.15) is 5.82 Å². The van der Waals surface area contributed by atoms with Crippen LogP contribution in [0.15, 0.2) is 18.3 Å². The van der Waals surface area contributed by atoms with Gasteiger partial charge < -0.3 is 14.9 Å². The molecule has 0 spiro atoms. The first-order valence-corrected chi connectivity index (χ1v) is 8.07. The number of anilines is 1. The Morgan fingerprint density at radius 1 is 1.16 bits per heavy atom. The van der Waals surface area contributed by atoms with E-state index in [1.165, 1.54) is 12.3 Å². The monoisotopic (exact) mass is 357 g/mol. The van der Waals surface area contributed by atoms with Gasteiger partial charge >= 0.3 is 12.1 Å². The number of hydrogen-bond acceptors (Lipinski definition) is 4. The highest BCUT2D eigenvalue weighted by atomic mass is 19.4. The van der Waals surface area contributed by atoms with Crippen molar-refractivity contribution in [3.8, 4) is 0 Å². The van der Waals surface area contributed by atoms with Crippen LogP contribution in [0.1, 0.15) is 23.2 Å². The molecule has 1 aromatic heterocycles. The van der Waals surface area contributed by atoms with Crippen LogP contribution < -0.4 is 4.90 Å². The zero-order valence-corrected chi connectivity index (χ0v) is 13.4. The molecule has 25 heavy (non-hydrogen) atoms. The molecule has 2 saturated heterocycles. The van der Waals surface area contributed by atoms with Crippen LogP contribution in [0.3, 0.4) is 0 Å². The summed E-state index contributed by atoms with van der Waals surface area (Å²) in [5, 5.41) is 9.02. The normalized spacial score (nSPS) is 24.0. The van der Waals surface area contributed by atoms with Crippen LogP contribution in [0.4, 0.5) is 19.0 Å². The maximum absolute atomic E-state index is 13.0. The zero-order valence-electron chi connectivity index (χ0n) is 13.4. The number of halogens is 3. The molecule has 0 radical (unpaired) electrons. The van der Waals surface area contributed by atoms with Crippen LogP contribution in [0.25, 0.3) is 0 Å². The Balaban J connectivity index is 1.73. The Labute approximate surface area is 142 Å². The van der Waals surface area contributed by atoms with E-state index in [2.05, 4.69) is 9.88 Å². The van der Waals surface area contributed by atoms with Crippen LogP contribution in [0, 0.1) is 11.8 Å². The molecular formula is C16H18F3N3O3. The van der Waals surface area contributed by atoms with Gasteiger partial charge in [-0.3, -0.25) is 9.59 Å².